The summed E-state index contributed by atoms with van der Waals surface area (Å²) >= 11 is 0. The lowest BCUT2D eigenvalue weighted by Gasteiger charge is -2.26. The molecular weight excluding hydrogens is 1000 g/mol. The van der Waals surface area contributed by atoms with Gasteiger partial charge in [0.1, 0.15) is 0 Å². The third kappa shape index (κ3) is 63.7. The van der Waals surface area contributed by atoms with E-state index in [9.17, 15) is 19.2 Å². The van der Waals surface area contributed by atoms with E-state index >= 15 is 0 Å². The van der Waals surface area contributed by atoms with Crippen LogP contribution >= 0.6 is 0 Å². The maximum Gasteiger partial charge on any atom is 0.219 e. The zero-order chi connectivity index (χ0) is 58.8. The van der Waals surface area contributed by atoms with Crippen LogP contribution in [0, 0.1) is 0 Å². The average Bonchev–Trinajstić information content (AvgIpc) is 3.46. The largest absolute Gasteiger partial charge is 0.356 e. The summed E-state index contributed by atoms with van der Waals surface area (Å²) in [5, 5.41) is 12.9. The summed E-state index contributed by atoms with van der Waals surface area (Å²) < 4.78 is 0. The van der Waals surface area contributed by atoms with Crippen molar-refractivity contribution in [3.8, 4) is 0 Å². The van der Waals surface area contributed by atoms with Crippen LogP contribution in [0.5, 0.6) is 0 Å². The zero-order valence-corrected chi connectivity index (χ0v) is 55.1. The SMILES string of the molecule is CCCCCCCCCCCCCC(=O)NCCCN(CCCNC(=O)CCCCCCCCCCCCC)CCCN(CCCNC(=O)CCCCCCCCCCCCC)CCCNC(=O)CCCCCCCCCCCCC. The predicted octanol–water partition coefficient (Wildman–Crippen LogP) is 18.8. The minimum Gasteiger partial charge on any atom is -0.356 e. The number of hydrogen-bond acceptors (Lipinski definition) is 6. The molecule has 0 saturated carbocycles. The van der Waals surface area contributed by atoms with Crippen LogP contribution in [-0.4, -0.2) is 98.9 Å². The lowest BCUT2D eigenvalue weighted by Crippen LogP contribution is -2.36. The fourth-order valence-electron chi connectivity index (χ4n) is 11.5. The van der Waals surface area contributed by atoms with Gasteiger partial charge in [-0.25, -0.2) is 0 Å². The molecule has 0 aromatic carbocycles. The fraction of sp³-hybridized carbons (Fsp3) is 0.944. The van der Waals surface area contributed by atoms with Crippen LogP contribution in [0.15, 0.2) is 0 Å². The molecule has 0 aliphatic rings. The number of amides is 4. The second-order valence-corrected chi connectivity index (χ2v) is 25.0. The van der Waals surface area contributed by atoms with Gasteiger partial charge in [0, 0.05) is 51.9 Å². The minimum atomic E-state index is 0.184. The van der Waals surface area contributed by atoms with Crippen molar-refractivity contribution in [2.24, 2.45) is 0 Å². The molecule has 0 aromatic heterocycles. The molecule has 0 rings (SSSR count). The Morgan fingerprint density at radius 1 is 0.198 bits per heavy atom. The lowest BCUT2D eigenvalue weighted by atomic mass is 10.1. The molecule has 0 aromatic rings. The third-order valence-corrected chi connectivity index (χ3v) is 16.9. The average molecular weight is 1140 g/mol. The maximum absolute atomic E-state index is 12.8. The fourth-order valence-corrected chi connectivity index (χ4v) is 11.5. The molecule has 0 saturated heterocycles. The number of nitrogens with zero attached hydrogens (tertiary/aromatic N) is 2. The molecule has 0 heterocycles. The van der Waals surface area contributed by atoms with Crippen molar-refractivity contribution in [1.82, 2.24) is 31.1 Å². The Morgan fingerprint density at radius 2 is 0.346 bits per heavy atom. The Bertz CT molecular complexity index is 1130. The van der Waals surface area contributed by atoms with Crippen molar-refractivity contribution in [2.75, 3.05) is 65.4 Å². The summed E-state index contributed by atoms with van der Waals surface area (Å²) in [4.78, 5) is 56.3. The Morgan fingerprint density at radius 3 is 0.519 bits per heavy atom. The Kier molecular flexibility index (Phi) is 65.1. The summed E-state index contributed by atoms with van der Waals surface area (Å²) in [5.41, 5.74) is 0. The maximum atomic E-state index is 12.8. The topological polar surface area (TPSA) is 123 Å². The quantitative estimate of drug-likeness (QED) is 0.0450. The highest BCUT2D eigenvalue weighted by Crippen LogP contribution is 2.16. The van der Waals surface area contributed by atoms with Gasteiger partial charge in [-0.1, -0.05) is 285 Å². The van der Waals surface area contributed by atoms with E-state index in [1.54, 1.807) is 0 Å². The van der Waals surface area contributed by atoms with E-state index in [-0.39, 0.29) is 23.6 Å². The molecule has 0 bridgehead atoms. The van der Waals surface area contributed by atoms with Crippen LogP contribution in [0.1, 0.15) is 368 Å². The Hall–Kier alpha value is -2.20. The van der Waals surface area contributed by atoms with E-state index in [0.29, 0.717) is 51.9 Å². The zero-order valence-electron chi connectivity index (χ0n) is 55.1. The van der Waals surface area contributed by atoms with Crippen molar-refractivity contribution in [1.29, 1.82) is 0 Å². The molecule has 81 heavy (non-hydrogen) atoms. The van der Waals surface area contributed by atoms with E-state index in [2.05, 4.69) is 58.8 Å². The third-order valence-electron chi connectivity index (χ3n) is 16.9. The van der Waals surface area contributed by atoms with Crippen molar-refractivity contribution in [3.63, 3.8) is 0 Å². The van der Waals surface area contributed by atoms with E-state index in [1.165, 1.54) is 231 Å². The summed E-state index contributed by atoms with van der Waals surface area (Å²) in [6.45, 7) is 17.5. The van der Waals surface area contributed by atoms with Gasteiger partial charge in [0.15, 0.2) is 0 Å². The highest BCUT2D eigenvalue weighted by atomic mass is 16.2. The second kappa shape index (κ2) is 66.9. The number of carbonyl (C=O) groups is 4. The normalized spacial score (nSPS) is 11.5. The lowest BCUT2D eigenvalue weighted by molar-refractivity contribution is -0.122. The number of rotatable bonds is 68. The van der Waals surface area contributed by atoms with Crippen molar-refractivity contribution in [3.05, 3.63) is 0 Å². The van der Waals surface area contributed by atoms with Gasteiger partial charge in [-0.3, -0.25) is 19.2 Å². The number of carbonyl (C=O) groups excluding carboxylic acids is 4. The molecule has 0 unspecified atom stereocenters. The highest BCUT2D eigenvalue weighted by Gasteiger charge is 2.12. The smallest absolute Gasteiger partial charge is 0.219 e. The van der Waals surface area contributed by atoms with Crippen LogP contribution in [0.2, 0.25) is 0 Å². The first kappa shape index (κ1) is 78.8. The molecule has 4 N–H and O–H groups in total. The van der Waals surface area contributed by atoms with Crippen LogP contribution in [-0.2, 0) is 19.2 Å². The van der Waals surface area contributed by atoms with Gasteiger partial charge >= 0.3 is 0 Å². The van der Waals surface area contributed by atoms with Gasteiger partial charge in [-0.15, -0.1) is 0 Å². The van der Waals surface area contributed by atoms with Crippen LogP contribution in [0.4, 0.5) is 0 Å². The standard InChI is InChI=1S/C71H142N6O4/c1-5-9-13-17-21-25-29-33-37-41-45-54-68(78)72-58-49-62-76(63-50-59-73-69(79)55-46-42-38-34-30-26-22-18-14-10-6-2)66-53-67-77(64-51-60-74-70(80)56-47-43-39-35-31-27-23-19-15-11-7-3)65-52-61-75-71(81)57-48-44-40-36-32-28-24-20-16-12-8-4/h5-67H2,1-4H3,(H,72,78)(H,73,79)(H,74,80)(H,75,81). The van der Waals surface area contributed by atoms with Crippen LogP contribution in [0.25, 0.3) is 0 Å². The van der Waals surface area contributed by atoms with Gasteiger partial charge < -0.3 is 31.1 Å². The molecule has 0 fully saturated rings. The number of nitrogens with one attached hydrogen (secondary N) is 4. The number of unbranched alkanes of at least 4 members (excludes halogenated alkanes) is 40. The molecule has 0 aliphatic heterocycles. The van der Waals surface area contributed by atoms with Gasteiger partial charge in [0.25, 0.3) is 0 Å². The molecule has 10 heteroatoms. The van der Waals surface area contributed by atoms with E-state index in [0.717, 1.165) is 123 Å². The molecular formula is C71H142N6O4. The molecule has 0 aliphatic carbocycles. The Balaban J connectivity index is 5.13. The number of hydrogen-bond donors (Lipinski definition) is 4. The van der Waals surface area contributed by atoms with E-state index in [4.69, 9.17) is 0 Å². The molecule has 10 nitrogen and oxygen atoms in total. The molecule has 0 radical (unpaired) electrons. The minimum absolute atomic E-state index is 0.184. The predicted molar refractivity (Wildman–Crippen MR) is 352 cm³/mol. The van der Waals surface area contributed by atoms with Crippen LogP contribution < -0.4 is 21.3 Å². The molecule has 0 atom stereocenters. The van der Waals surface area contributed by atoms with Crippen molar-refractivity contribution in [2.45, 2.75) is 368 Å². The summed E-state index contributed by atoms with van der Waals surface area (Å²) in [6.07, 6.45) is 63.8. The van der Waals surface area contributed by atoms with Gasteiger partial charge in [-0.2, -0.15) is 0 Å². The van der Waals surface area contributed by atoms with Gasteiger partial charge in [-0.05, 0) is 97.1 Å². The highest BCUT2D eigenvalue weighted by molar-refractivity contribution is 5.76. The molecule has 0 spiro atoms. The van der Waals surface area contributed by atoms with E-state index < -0.39 is 0 Å². The van der Waals surface area contributed by atoms with Crippen LogP contribution in [0.3, 0.4) is 0 Å². The molecule has 4 amide bonds. The molecule has 480 valence electrons. The van der Waals surface area contributed by atoms with Crippen molar-refractivity contribution >= 4 is 23.6 Å². The first-order valence-corrected chi connectivity index (χ1v) is 36.4. The summed E-state index contributed by atoms with van der Waals surface area (Å²) in [6, 6.07) is 0. The first-order valence-electron chi connectivity index (χ1n) is 36.4. The summed E-state index contributed by atoms with van der Waals surface area (Å²) in [5.74, 6) is 0.738. The monoisotopic (exact) mass is 1140 g/mol. The Labute approximate surface area is 505 Å². The van der Waals surface area contributed by atoms with Crippen molar-refractivity contribution < 1.29 is 19.2 Å². The van der Waals surface area contributed by atoms with Gasteiger partial charge in [0.05, 0.1) is 0 Å². The van der Waals surface area contributed by atoms with E-state index in [1.807, 2.05) is 0 Å². The first-order chi connectivity index (χ1) is 39.9. The second-order valence-electron chi connectivity index (χ2n) is 25.0. The summed E-state index contributed by atoms with van der Waals surface area (Å²) in [7, 11) is 0. The van der Waals surface area contributed by atoms with Gasteiger partial charge in [0.2, 0.25) is 23.6 Å².